The fourth-order valence-electron chi connectivity index (χ4n) is 17.1. The van der Waals surface area contributed by atoms with Crippen LogP contribution in [0, 0.1) is 82.7 Å². The molecule has 0 radical (unpaired) electrons. The van der Waals surface area contributed by atoms with Gasteiger partial charge in [0.15, 0.2) is 0 Å². The number of benzene rings is 8. The number of methoxy groups -OCH3 is 2. The zero-order valence-corrected chi connectivity index (χ0v) is 107. The summed E-state index contributed by atoms with van der Waals surface area (Å²) in [5.74, 6) is 4.55. The molecule has 0 aliphatic heterocycles. The fraction of sp³-hybridized carbons (Fsp3) is 0.655. The normalized spacial score (nSPS) is 14.8. The van der Waals surface area contributed by atoms with E-state index in [0.29, 0.717) is 65.0 Å². The largest absolute Gasteiger partial charge is 0.385 e. The number of ether oxygens (including phenoxy) is 2. The molecule has 0 aliphatic carbocycles. The van der Waals surface area contributed by atoms with Crippen molar-refractivity contribution in [1.82, 2.24) is 0 Å². The van der Waals surface area contributed by atoms with Crippen molar-refractivity contribution in [2.45, 2.75) is 454 Å². The molecule has 0 fully saturated rings. The van der Waals surface area contributed by atoms with Gasteiger partial charge in [-0.25, -0.2) is 0 Å². The molecule has 818 valence electrons. The summed E-state index contributed by atoms with van der Waals surface area (Å²) in [5.41, 5.74) is 18.8. The highest BCUT2D eigenvalue weighted by atomic mass is 32.2. The van der Waals surface area contributed by atoms with Gasteiger partial charge in [0.2, 0.25) is 0 Å². The van der Waals surface area contributed by atoms with Crippen LogP contribution in [0.15, 0.2) is 237 Å². The monoisotopic (exact) mass is 2030 g/mol. The molecule has 8 aromatic rings. The lowest BCUT2D eigenvalue weighted by Crippen LogP contribution is -2.48. The van der Waals surface area contributed by atoms with Gasteiger partial charge in [-0.1, -0.05) is 581 Å². The molecule has 0 N–H and O–H groups in total. The number of thioether (sulfide) groups is 3. The molecule has 0 amide bonds. The summed E-state index contributed by atoms with van der Waals surface area (Å²) in [6, 6.07) is 85.6. The summed E-state index contributed by atoms with van der Waals surface area (Å²) in [6.07, 6.45) is 22.1. The topological polar surface area (TPSA) is 18.5 Å². The molecule has 5 atom stereocenters. The van der Waals surface area contributed by atoms with E-state index in [2.05, 4.69) is 575 Å². The highest BCUT2D eigenvalue weighted by Gasteiger charge is 2.49. The van der Waals surface area contributed by atoms with Crippen LogP contribution in [0.25, 0.3) is 0 Å². The minimum absolute atomic E-state index is 0.107. The third kappa shape index (κ3) is 45.3. The molecule has 8 aromatic carbocycles. The first-order valence-corrected chi connectivity index (χ1v) is 59.7. The van der Waals surface area contributed by atoms with Crippen molar-refractivity contribution in [3.63, 3.8) is 0 Å². The van der Waals surface area contributed by atoms with Crippen LogP contribution >= 0.6 is 35.3 Å². The van der Waals surface area contributed by atoms with E-state index in [1.54, 1.807) is 14.2 Å². The smallest absolute Gasteiger partial charge is 0.0470 e. The molecule has 0 unspecified atom stereocenters. The Labute approximate surface area is 911 Å². The second-order valence-corrected chi connectivity index (χ2v) is 59.6. The summed E-state index contributed by atoms with van der Waals surface area (Å²) >= 11 is 5.92. The Hall–Kier alpha value is -5.27. The van der Waals surface area contributed by atoms with E-state index in [-0.39, 0.29) is 43.3 Å². The summed E-state index contributed by atoms with van der Waals surface area (Å²) in [4.78, 5) is 0. The Kier molecular flexibility index (Phi) is 58.6. The fourth-order valence-corrected chi connectivity index (χ4v) is 20.0. The molecule has 5 heteroatoms. The Bertz CT molecular complexity index is 4330. The lowest BCUT2D eigenvalue weighted by molar-refractivity contribution is 0.0732. The van der Waals surface area contributed by atoms with Crippen molar-refractivity contribution in [3.8, 4) is 0 Å². The predicted molar refractivity (Wildman–Crippen MR) is 662 cm³/mol. The van der Waals surface area contributed by atoms with Crippen molar-refractivity contribution < 1.29 is 9.47 Å². The Morgan fingerprint density at radius 3 is 0.743 bits per heavy atom. The van der Waals surface area contributed by atoms with Gasteiger partial charge >= 0.3 is 0 Å². The molecule has 0 saturated carbocycles. The molecule has 144 heavy (non-hydrogen) atoms. The Morgan fingerprint density at radius 2 is 0.458 bits per heavy atom. The third-order valence-electron chi connectivity index (χ3n) is 36.0. The van der Waals surface area contributed by atoms with Crippen LogP contribution in [0.1, 0.15) is 458 Å². The van der Waals surface area contributed by atoms with Gasteiger partial charge in [0.1, 0.15) is 0 Å². The maximum atomic E-state index is 5.25. The summed E-state index contributed by atoms with van der Waals surface area (Å²) in [7, 11) is 3.53. The summed E-state index contributed by atoms with van der Waals surface area (Å²) < 4.78 is 10.3. The van der Waals surface area contributed by atoms with Crippen LogP contribution in [0.5, 0.6) is 0 Å². The van der Waals surface area contributed by atoms with E-state index < -0.39 is 0 Å². The number of hydrogen-bond donors (Lipinski definition) is 0. The van der Waals surface area contributed by atoms with E-state index in [9.17, 15) is 0 Å². The van der Waals surface area contributed by atoms with Gasteiger partial charge in [0.25, 0.3) is 0 Å². The zero-order chi connectivity index (χ0) is 111. The highest BCUT2D eigenvalue weighted by Crippen LogP contribution is 2.54. The number of hydrogen-bond acceptors (Lipinski definition) is 5. The van der Waals surface area contributed by atoms with Crippen molar-refractivity contribution >= 4 is 35.3 Å². The standard InChI is InChI=1S/C31H32S.C18H30.C16H26.C15H24O.C15H24S.C13H28.C11H24.C10H22O.C10H22S/c1-25-15-13-14-16-26(25)23-32-24-30(2,27-17-7-4-8-18-27)31(3,28-19-9-5-10-20-28)29-21-11-6-12-22-29;1-16(2,3)13-14-18(7,17(4,5)6)15-11-9-8-10-12-15;1-6-7-13-16(5,15(2,3)4)14-11-9-8-10-12-14;2*1-14(2,3)15(4,11-12-16-5)13-9-7-6-8-10-13;1-11(2,3)9-10-13(7,8)12(4,5)6;1-7-8-9-11(5,6)10(2,3)4;2*1-9(2,3)10(4,5)7-8-11-6/h4-22H,23-24H2,1-3H3;8-12H,13-14H2,1-7H3;8-12H,6-7,13H2,1-5H3;2*6-10H,11-12H2,1-5H3;9-10H2,1-8H3;7-9H2,1-6H3;2*7-8H2,1-6H3/t30-;18-;16-;2*15-;;;;/m11111..../s1. The molecule has 0 aliphatic rings. The van der Waals surface area contributed by atoms with E-state index in [1.165, 1.54) is 139 Å². The van der Waals surface area contributed by atoms with Gasteiger partial charge in [0, 0.05) is 49.8 Å². The molecule has 0 spiro atoms. The first kappa shape index (κ1) is 139. The van der Waals surface area contributed by atoms with E-state index in [4.69, 9.17) is 9.47 Å². The van der Waals surface area contributed by atoms with Crippen molar-refractivity contribution in [1.29, 1.82) is 0 Å². The highest BCUT2D eigenvalue weighted by molar-refractivity contribution is 7.99. The van der Waals surface area contributed by atoms with Gasteiger partial charge in [-0.15, -0.1) is 0 Å². The average molecular weight is 2030 g/mol. The SMILES string of the molecule is CC(C)(C)CCC(C)(C)C(C)(C)C.CC(C)(C)CC[C@](C)(c1ccccc1)C(C)(C)C.CCCCC(C)(C)C(C)(C)C.CCCC[C@](C)(c1ccccc1)C(C)(C)C.COCCC(C)(C)C(C)(C)C.COCC[C@](C)(c1ccccc1)C(C)(C)C.CSCCC(C)(C)C(C)(C)C.CSCC[C@](C)(c1ccccc1)C(C)(C)C.Cc1ccccc1CSC[C@](C)(c1ccccc1)C(C)(c1ccccc1)c1ccccc1. The maximum absolute atomic E-state index is 5.25. The maximum Gasteiger partial charge on any atom is 0.0470 e. The van der Waals surface area contributed by atoms with Crippen LogP contribution in [0.3, 0.4) is 0 Å². The third-order valence-corrected chi connectivity index (χ3v) is 38.6. The average Bonchev–Trinajstić information content (AvgIpc) is 0.727. The molecular formula is C139H232O2S3. The Morgan fingerprint density at radius 1 is 0.222 bits per heavy atom. The molecule has 0 heterocycles. The molecule has 2 nitrogen and oxygen atoms in total. The first-order valence-electron chi connectivity index (χ1n) is 55.7. The number of unbranched alkanes of at least 4 members (excludes halogenated alkanes) is 2. The molecule has 0 saturated heterocycles. The van der Waals surface area contributed by atoms with Gasteiger partial charge < -0.3 is 9.47 Å². The predicted octanol–water partition coefficient (Wildman–Crippen LogP) is 44.0. The minimum Gasteiger partial charge on any atom is -0.385 e. The van der Waals surface area contributed by atoms with Crippen LogP contribution in [0.2, 0.25) is 0 Å². The molecule has 0 aromatic heterocycles. The van der Waals surface area contributed by atoms with Gasteiger partial charge in [-0.3, -0.25) is 0 Å². The van der Waals surface area contributed by atoms with Crippen LogP contribution in [0.4, 0.5) is 0 Å². The zero-order valence-electron chi connectivity index (χ0n) is 104. The van der Waals surface area contributed by atoms with Crippen molar-refractivity contribution in [2.75, 3.05) is 57.2 Å². The minimum atomic E-state index is -0.185. The first-order chi connectivity index (χ1) is 65.8. The quantitative estimate of drug-likeness (QED) is 0.0399. The number of rotatable bonds is 34. The second-order valence-electron chi connectivity index (χ2n) is 56.6. The van der Waals surface area contributed by atoms with Gasteiger partial charge in [-0.2, -0.15) is 35.3 Å². The van der Waals surface area contributed by atoms with Crippen LogP contribution in [-0.2, 0) is 47.7 Å². The van der Waals surface area contributed by atoms with Gasteiger partial charge in [-0.05, 0) is 243 Å². The van der Waals surface area contributed by atoms with Crippen molar-refractivity contribution in [3.05, 3.63) is 287 Å². The van der Waals surface area contributed by atoms with Gasteiger partial charge in [0.05, 0.1) is 0 Å². The van der Waals surface area contributed by atoms with E-state index in [1.807, 2.05) is 35.3 Å². The van der Waals surface area contributed by atoms with Crippen LogP contribution < -0.4 is 0 Å². The molecular weight excluding hydrogens is 1800 g/mol. The lowest BCUT2D eigenvalue weighted by atomic mass is 9.57. The van der Waals surface area contributed by atoms with Crippen molar-refractivity contribution in [2.24, 2.45) is 75.8 Å². The molecule has 0 bridgehead atoms. The second kappa shape index (κ2) is 60.8. The number of aryl methyl sites for hydroxylation is 1. The van der Waals surface area contributed by atoms with E-state index in [0.717, 1.165) is 37.6 Å². The molecule has 8 rings (SSSR count). The van der Waals surface area contributed by atoms with Crippen LogP contribution in [-0.4, -0.2) is 57.2 Å². The summed E-state index contributed by atoms with van der Waals surface area (Å²) in [5, 5.41) is 0. The Balaban J connectivity index is 0.00000164. The summed E-state index contributed by atoms with van der Waals surface area (Å²) in [6.45, 7) is 112. The van der Waals surface area contributed by atoms with E-state index >= 15 is 0 Å². The lowest BCUT2D eigenvalue weighted by Gasteiger charge is -2.48.